The number of nitrogens with zero attached hydrogens (tertiary/aromatic N) is 1. The maximum Gasteiger partial charge on any atom is 0.261 e. The molecule has 0 aromatic heterocycles. The normalized spacial score (nSPS) is 18.6. The molecule has 2 aromatic rings. The van der Waals surface area contributed by atoms with Crippen LogP contribution in [0.4, 0.5) is 11.4 Å². The molecule has 0 saturated heterocycles. The van der Waals surface area contributed by atoms with Crippen LogP contribution >= 0.6 is 0 Å². The number of hydrogen-bond donors (Lipinski definition) is 1. The number of benzene rings is 2. The summed E-state index contributed by atoms with van der Waals surface area (Å²) in [6.45, 7) is 2.54. The summed E-state index contributed by atoms with van der Waals surface area (Å²) in [5, 5.41) is 0. The summed E-state index contributed by atoms with van der Waals surface area (Å²) in [7, 11) is -2.19. The molecule has 26 heavy (non-hydrogen) atoms. The smallest absolute Gasteiger partial charge is 0.261 e. The fourth-order valence-corrected chi connectivity index (χ4v) is 4.84. The van der Waals surface area contributed by atoms with Crippen molar-refractivity contribution in [2.75, 3.05) is 23.3 Å². The molecule has 1 amide bonds. The van der Waals surface area contributed by atoms with Crippen molar-refractivity contribution in [2.45, 2.75) is 30.6 Å². The zero-order chi connectivity index (χ0) is 18.5. The number of ether oxygens (including phenoxy) is 1. The van der Waals surface area contributed by atoms with E-state index in [4.69, 9.17) is 4.74 Å². The van der Waals surface area contributed by atoms with Gasteiger partial charge in [0, 0.05) is 12.2 Å². The van der Waals surface area contributed by atoms with Crippen molar-refractivity contribution < 1.29 is 17.9 Å². The number of hydrogen-bond acceptors (Lipinski definition) is 4. The van der Waals surface area contributed by atoms with Crippen molar-refractivity contribution in [2.24, 2.45) is 0 Å². The third kappa shape index (κ3) is 2.63. The molecule has 2 heterocycles. The summed E-state index contributed by atoms with van der Waals surface area (Å²) in [6, 6.07) is 10.0. The number of amides is 1. The minimum Gasteiger partial charge on any atom is -0.497 e. The molecule has 4 rings (SSSR count). The van der Waals surface area contributed by atoms with Crippen LogP contribution in [0.2, 0.25) is 0 Å². The van der Waals surface area contributed by atoms with Crippen LogP contribution in [0.3, 0.4) is 0 Å². The van der Waals surface area contributed by atoms with Crippen molar-refractivity contribution in [3.8, 4) is 5.75 Å². The second kappa shape index (κ2) is 6.02. The number of anilines is 2. The number of methoxy groups -OCH3 is 1. The number of nitrogens with one attached hydrogen (secondary N) is 1. The second-order valence-corrected chi connectivity index (χ2v) is 8.35. The van der Waals surface area contributed by atoms with E-state index >= 15 is 0 Å². The highest BCUT2D eigenvalue weighted by atomic mass is 32.2. The first-order valence-electron chi connectivity index (χ1n) is 8.56. The zero-order valence-electron chi connectivity index (χ0n) is 14.7. The average Bonchev–Trinajstić information content (AvgIpc) is 2.89. The first kappa shape index (κ1) is 16.9. The Bertz CT molecular complexity index is 983. The molecule has 0 radical (unpaired) electrons. The lowest BCUT2D eigenvalue weighted by Crippen LogP contribution is -2.32. The van der Waals surface area contributed by atoms with Crippen LogP contribution < -0.4 is 14.4 Å². The van der Waals surface area contributed by atoms with Crippen molar-refractivity contribution in [1.29, 1.82) is 0 Å². The quantitative estimate of drug-likeness (QED) is 0.895. The molecule has 6 nitrogen and oxygen atoms in total. The zero-order valence-corrected chi connectivity index (χ0v) is 15.5. The Morgan fingerprint density at radius 2 is 1.92 bits per heavy atom. The van der Waals surface area contributed by atoms with Gasteiger partial charge >= 0.3 is 0 Å². The molecular weight excluding hydrogens is 352 g/mol. The number of sulfonamides is 1. The highest BCUT2D eigenvalue weighted by Crippen LogP contribution is 2.44. The first-order valence-corrected chi connectivity index (χ1v) is 10.0. The summed E-state index contributed by atoms with van der Waals surface area (Å²) < 4.78 is 33.4. The van der Waals surface area contributed by atoms with Crippen molar-refractivity contribution in [3.05, 3.63) is 47.5 Å². The lowest BCUT2D eigenvalue weighted by molar-refractivity contribution is -0.119. The van der Waals surface area contributed by atoms with E-state index < -0.39 is 10.0 Å². The van der Waals surface area contributed by atoms with Crippen LogP contribution in [0.15, 0.2) is 41.3 Å². The van der Waals surface area contributed by atoms with E-state index in [0.717, 1.165) is 29.7 Å². The Balaban J connectivity index is 1.72. The van der Waals surface area contributed by atoms with Gasteiger partial charge in [0.15, 0.2) is 0 Å². The molecule has 0 spiro atoms. The Kier molecular flexibility index (Phi) is 3.91. The van der Waals surface area contributed by atoms with Gasteiger partial charge in [-0.15, -0.1) is 0 Å². The van der Waals surface area contributed by atoms with Crippen molar-refractivity contribution in [1.82, 2.24) is 0 Å². The van der Waals surface area contributed by atoms with Crippen LogP contribution in [0.5, 0.6) is 5.75 Å². The molecule has 1 N–H and O–H groups in total. The largest absolute Gasteiger partial charge is 0.497 e. The Morgan fingerprint density at radius 1 is 1.19 bits per heavy atom. The molecule has 0 unspecified atom stereocenters. The Labute approximate surface area is 152 Å². The molecule has 0 fully saturated rings. The van der Waals surface area contributed by atoms with Gasteiger partial charge in [0.25, 0.3) is 10.0 Å². The number of rotatable bonds is 4. The summed E-state index contributed by atoms with van der Waals surface area (Å²) in [5.41, 5.74) is 3.12. The molecule has 0 saturated carbocycles. The number of carbonyl (C=O) groups excluding carboxylic acids is 1. The molecule has 1 atom stereocenters. The molecule has 0 bridgehead atoms. The van der Waals surface area contributed by atoms with E-state index in [1.54, 1.807) is 48.4 Å². The second-order valence-electron chi connectivity index (χ2n) is 6.67. The molecule has 7 heteroatoms. The Hall–Kier alpha value is -2.54. The standard InChI is InChI=1S/C19H20N2O4S/c1-12-17-11-16(10-13-4-3-9-21(18(13)17)19(12)22)26(23,24)20-14-5-7-15(25-2)8-6-14/h5-8,10-12,20H,3-4,9H2,1-2H3/t12-/m0/s1. The van der Waals surface area contributed by atoms with Gasteiger partial charge in [-0.2, -0.15) is 0 Å². The SMILES string of the molecule is COc1ccc(NS(=O)(=O)c2cc3c4c(c2)[C@H](C)C(=O)N4CCC3)cc1. The van der Waals surface area contributed by atoms with Gasteiger partial charge in [-0.3, -0.25) is 9.52 Å². The first-order chi connectivity index (χ1) is 12.4. The summed E-state index contributed by atoms with van der Waals surface area (Å²) in [5.74, 6) is 0.402. The minimum absolute atomic E-state index is 0.0543. The summed E-state index contributed by atoms with van der Waals surface area (Å²) in [4.78, 5) is 14.4. The molecule has 0 aliphatic carbocycles. The topological polar surface area (TPSA) is 75.7 Å². The predicted octanol–water partition coefficient (Wildman–Crippen LogP) is 2.89. The molecular formula is C19H20N2O4S. The lowest BCUT2D eigenvalue weighted by atomic mass is 9.97. The molecule has 2 aromatic carbocycles. The fourth-order valence-electron chi connectivity index (χ4n) is 3.69. The summed E-state index contributed by atoms with van der Waals surface area (Å²) in [6.07, 6.45) is 1.63. The maximum atomic E-state index is 12.9. The third-order valence-electron chi connectivity index (χ3n) is 5.05. The highest BCUT2D eigenvalue weighted by Gasteiger charge is 2.38. The third-order valence-corrected chi connectivity index (χ3v) is 6.41. The van der Waals surface area contributed by atoms with Crippen molar-refractivity contribution >= 4 is 27.3 Å². The highest BCUT2D eigenvalue weighted by molar-refractivity contribution is 7.92. The lowest BCUT2D eigenvalue weighted by Gasteiger charge is -2.26. The molecule has 2 aliphatic rings. The summed E-state index contributed by atoms with van der Waals surface area (Å²) >= 11 is 0. The fraction of sp³-hybridized carbons (Fsp3) is 0.316. The van der Waals surface area contributed by atoms with Crippen LogP contribution in [-0.2, 0) is 21.2 Å². The van der Waals surface area contributed by atoms with Gasteiger partial charge in [-0.25, -0.2) is 8.42 Å². The number of carbonyl (C=O) groups is 1. The minimum atomic E-state index is -3.74. The van der Waals surface area contributed by atoms with E-state index in [-0.39, 0.29) is 16.7 Å². The average molecular weight is 372 g/mol. The Morgan fingerprint density at radius 3 is 2.62 bits per heavy atom. The van der Waals surface area contributed by atoms with Crippen LogP contribution in [0, 0.1) is 0 Å². The molecule has 136 valence electrons. The van der Waals surface area contributed by atoms with Gasteiger partial charge in [0.05, 0.1) is 23.6 Å². The van der Waals surface area contributed by atoms with E-state index in [2.05, 4.69) is 4.72 Å². The van der Waals surface area contributed by atoms with Gasteiger partial charge in [0.1, 0.15) is 5.75 Å². The van der Waals surface area contributed by atoms with E-state index in [0.29, 0.717) is 18.0 Å². The van der Waals surface area contributed by atoms with Crippen LogP contribution in [-0.4, -0.2) is 28.0 Å². The van der Waals surface area contributed by atoms with Gasteiger partial charge in [-0.05, 0) is 67.3 Å². The van der Waals surface area contributed by atoms with E-state index in [1.807, 2.05) is 6.92 Å². The van der Waals surface area contributed by atoms with Crippen molar-refractivity contribution in [3.63, 3.8) is 0 Å². The van der Waals surface area contributed by atoms with Crippen LogP contribution in [0.25, 0.3) is 0 Å². The van der Waals surface area contributed by atoms with E-state index in [1.165, 1.54) is 0 Å². The van der Waals surface area contributed by atoms with Gasteiger partial charge in [0.2, 0.25) is 5.91 Å². The predicted molar refractivity (Wildman–Crippen MR) is 99.3 cm³/mol. The van der Waals surface area contributed by atoms with Crippen LogP contribution in [0.1, 0.15) is 30.4 Å². The van der Waals surface area contributed by atoms with Gasteiger partial charge in [-0.1, -0.05) is 0 Å². The van der Waals surface area contributed by atoms with Gasteiger partial charge < -0.3 is 9.64 Å². The maximum absolute atomic E-state index is 12.9. The molecule has 2 aliphatic heterocycles. The van der Waals surface area contributed by atoms with E-state index in [9.17, 15) is 13.2 Å². The number of aryl methyl sites for hydroxylation is 1. The monoisotopic (exact) mass is 372 g/mol.